The fourth-order valence-corrected chi connectivity index (χ4v) is 3.48. The summed E-state index contributed by atoms with van der Waals surface area (Å²) in [5.41, 5.74) is 3.50. The van der Waals surface area contributed by atoms with Crippen LogP contribution in [-0.4, -0.2) is 16.6 Å². The summed E-state index contributed by atoms with van der Waals surface area (Å²) in [7, 11) is 0. The van der Waals surface area contributed by atoms with Gasteiger partial charge in [0.1, 0.15) is 16.2 Å². The van der Waals surface area contributed by atoms with Crippen LogP contribution in [0.15, 0.2) is 24.3 Å². The van der Waals surface area contributed by atoms with Gasteiger partial charge in [0.2, 0.25) is 0 Å². The first kappa shape index (κ1) is 14.3. The minimum absolute atomic E-state index is 0.238. The first-order chi connectivity index (χ1) is 10.1. The zero-order chi connectivity index (χ0) is 15.0. The number of ether oxygens (including phenoxy) is 1. The summed E-state index contributed by atoms with van der Waals surface area (Å²) in [5.74, 6) is 2.56. The fourth-order valence-electron chi connectivity index (χ4n) is 2.99. The van der Waals surface area contributed by atoms with Crippen molar-refractivity contribution in [2.75, 3.05) is 6.61 Å². The lowest BCUT2D eigenvalue weighted by Crippen LogP contribution is -2.22. The predicted molar refractivity (Wildman–Crippen MR) is 86.6 cm³/mol. The van der Waals surface area contributed by atoms with E-state index in [-0.39, 0.29) is 5.92 Å². The van der Waals surface area contributed by atoms with E-state index < -0.39 is 0 Å². The van der Waals surface area contributed by atoms with Crippen LogP contribution in [0, 0.1) is 11.6 Å². The standard InChI is InChI=1S/C17H20N2OS/c1-10(2)15-11(3)18-16(19-17(15)21)13-8-12-6-4-5-7-14(12)20-9-13/h4-7,10,13H,8-9H2,1-3H3,(H,18,19,21). The molecule has 0 spiro atoms. The Bertz CT molecular complexity index is 721. The van der Waals surface area contributed by atoms with Crippen molar-refractivity contribution >= 4 is 12.2 Å². The molecule has 0 radical (unpaired) electrons. The average Bonchev–Trinajstić information content (AvgIpc) is 2.45. The summed E-state index contributed by atoms with van der Waals surface area (Å²) < 4.78 is 6.57. The number of hydrogen-bond acceptors (Lipinski definition) is 3. The van der Waals surface area contributed by atoms with Crippen LogP contribution in [0.5, 0.6) is 5.75 Å². The Kier molecular flexibility index (Phi) is 3.81. The van der Waals surface area contributed by atoms with Crippen molar-refractivity contribution in [1.82, 2.24) is 9.97 Å². The normalized spacial score (nSPS) is 17.4. The molecule has 2 heterocycles. The molecule has 3 rings (SSSR count). The van der Waals surface area contributed by atoms with E-state index >= 15 is 0 Å². The first-order valence-electron chi connectivity index (χ1n) is 7.37. The molecular weight excluding hydrogens is 280 g/mol. The number of H-pyrrole nitrogens is 1. The Labute approximate surface area is 130 Å². The van der Waals surface area contributed by atoms with Gasteiger partial charge in [-0.15, -0.1) is 0 Å². The van der Waals surface area contributed by atoms with Crippen LogP contribution in [0.3, 0.4) is 0 Å². The summed E-state index contributed by atoms with van der Waals surface area (Å²) in [5, 5.41) is 0. The van der Waals surface area contributed by atoms with Gasteiger partial charge in [0, 0.05) is 11.3 Å². The van der Waals surface area contributed by atoms with Gasteiger partial charge in [-0.25, -0.2) is 4.98 Å². The smallest absolute Gasteiger partial charge is 0.133 e. The number of nitrogens with one attached hydrogen (secondary N) is 1. The molecule has 1 atom stereocenters. The number of fused-ring (bicyclic) bond motifs is 1. The van der Waals surface area contributed by atoms with Gasteiger partial charge in [0.15, 0.2) is 0 Å². The molecule has 1 N–H and O–H groups in total. The van der Waals surface area contributed by atoms with Gasteiger partial charge in [-0.2, -0.15) is 0 Å². The molecule has 1 aliphatic heterocycles. The van der Waals surface area contributed by atoms with E-state index in [1.54, 1.807) is 0 Å². The Balaban J connectivity index is 1.94. The van der Waals surface area contributed by atoms with E-state index in [4.69, 9.17) is 17.0 Å². The van der Waals surface area contributed by atoms with Crippen molar-refractivity contribution in [2.45, 2.75) is 39.0 Å². The quantitative estimate of drug-likeness (QED) is 0.841. The molecule has 1 aromatic heterocycles. The Morgan fingerprint density at radius 1 is 1.33 bits per heavy atom. The molecule has 21 heavy (non-hydrogen) atoms. The van der Waals surface area contributed by atoms with Crippen LogP contribution in [0.25, 0.3) is 0 Å². The van der Waals surface area contributed by atoms with Crippen LogP contribution in [-0.2, 0) is 6.42 Å². The highest BCUT2D eigenvalue weighted by Gasteiger charge is 2.23. The molecule has 0 saturated heterocycles. The van der Waals surface area contributed by atoms with Crippen LogP contribution in [0.1, 0.15) is 48.3 Å². The van der Waals surface area contributed by atoms with Crippen LogP contribution < -0.4 is 4.74 Å². The van der Waals surface area contributed by atoms with Crippen molar-refractivity contribution in [3.8, 4) is 5.75 Å². The van der Waals surface area contributed by atoms with E-state index in [2.05, 4.69) is 36.8 Å². The van der Waals surface area contributed by atoms with Gasteiger partial charge in [0.05, 0.1) is 12.5 Å². The van der Waals surface area contributed by atoms with Crippen molar-refractivity contribution in [1.29, 1.82) is 0 Å². The molecule has 0 amide bonds. The van der Waals surface area contributed by atoms with Crippen molar-refractivity contribution in [2.24, 2.45) is 0 Å². The highest BCUT2D eigenvalue weighted by molar-refractivity contribution is 7.71. The molecule has 0 saturated carbocycles. The number of aromatic amines is 1. The third-order valence-corrected chi connectivity index (χ3v) is 4.33. The number of benzene rings is 1. The molecule has 1 aliphatic rings. The minimum Gasteiger partial charge on any atom is -0.493 e. The highest BCUT2D eigenvalue weighted by atomic mass is 32.1. The van der Waals surface area contributed by atoms with E-state index in [0.29, 0.717) is 12.5 Å². The third-order valence-electron chi connectivity index (χ3n) is 4.01. The molecule has 110 valence electrons. The summed E-state index contributed by atoms with van der Waals surface area (Å²) >= 11 is 5.48. The maximum absolute atomic E-state index is 5.85. The van der Waals surface area contributed by atoms with Gasteiger partial charge in [0.25, 0.3) is 0 Å². The second-order valence-electron chi connectivity index (χ2n) is 5.94. The minimum atomic E-state index is 0.238. The molecule has 1 unspecified atom stereocenters. The fraction of sp³-hybridized carbons (Fsp3) is 0.412. The lowest BCUT2D eigenvalue weighted by Gasteiger charge is -2.25. The summed E-state index contributed by atoms with van der Waals surface area (Å²) in [4.78, 5) is 8.07. The Morgan fingerprint density at radius 2 is 2.10 bits per heavy atom. The molecule has 1 aromatic carbocycles. The second kappa shape index (κ2) is 5.60. The summed E-state index contributed by atoms with van der Waals surface area (Å²) in [6.45, 7) is 7.02. The summed E-state index contributed by atoms with van der Waals surface area (Å²) in [6, 6.07) is 8.19. The lowest BCUT2D eigenvalue weighted by molar-refractivity contribution is 0.257. The number of aromatic nitrogens is 2. The summed E-state index contributed by atoms with van der Waals surface area (Å²) in [6.07, 6.45) is 0.939. The number of aryl methyl sites for hydroxylation is 1. The lowest BCUT2D eigenvalue weighted by atomic mass is 9.95. The zero-order valence-corrected chi connectivity index (χ0v) is 13.5. The number of rotatable bonds is 2. The van der Waals surface area contributed by atoms with Crippen molar-refractivity contribution in [3.63, 3.8) is 0 Å². The maximum Gasteiger partial charge on any atom is 0.133 e. The first-order valence-corrected chi connectivity index (χ1v) is 7.78. The van der Waals surface area contributed by atoms with Crippen LogP contribution in [0.2, 0.25) is 0 Å². The topological polar surface area (TPSA) is 37.9 Å². The van der Waals surface area contributed by atoms with Gasteiger partial charge in [-0.3, -0.25) is 0 Å². The third kappa shape index (κ3) is 2.72. The molecule has 0 aliphatic carbocycles. The second-order valence-corrected chi connectivity index (χ2v) is 6.33. The number of para-hydroxylation sites is 1. The highest BCUT2D eigenvalue weighted by Crippen LogP contribution is 2.31. The predicted octanol–water partition coefficient (Wildman–Crippen LogP) is 4.29. The molecule has 3 nitrogen and oxygen atoms in total. The molecular formula is C17H20N2OS. The monoisotopic (exact) mass is 300 g/mol. The van der Waals surface area contributed by atoms with Gasteiger partial charge in [-0.1, -0.05) is 44.3 Å². The number of hydrogen-bond donors (Lipinski definition) is 1. The van der Waals surface area contributed by atoms with E-state index in [1.165, 1.54) is 5.56 Å². The average molecular weight is 300 g/mol. The van der Waals surface area contributed by atoms with E-state index in [1.807, 2.05) is 18.2 Å². The van der Waals surface area contributed by atoms with Gasteiger partial charge >= 0.3 is 0 Å². The Hall–Kier alpha value is -1.68. The number of nitrogens with zero attached hydrogens (tertiary/aromatic N) is 1. The molecule has 0 fully saturated rings. The maximum atomic E-state index is 5.85. The van der Waals surface area contributed by atoms with Gasteiger partial charge < -0.3 is 9.72 Å². The Morgan fingerprint density at radius 3 is 2.81 bits per heavy atom. The van der Waals surface area contributed by atoms with E-state index in [0.717, 1.165) is 33.9 Å². The molecule has 2 aromatic rings. The largest absolute Gasteiger partial charge is 0.493 e. The molecule has 0 bridgehead atoms. The zero-order valence-electron chi connectivity index (χ0n) is 12.6. The molecule has 4 heteroatoms. The van der Waals surface area contributed by atoms with Gasteiger partial charge in [-0.05, 0) is 30.9 Å². The van der Waals surface area contributed by atoms with Crippen molar-refractivity contribution in [3.05, 3.63) is 51.6 Å². The van der Waals surface area contributed by atoms with Crippen molar-refractivity contribution < 1.29 is 4.74 Å². The SMILES string of the molecule is Cc1[nH]c(C2COc3ccccc3C2)nc(=S)c1C(C)C. The van der Waals surface area contributed by atoms with Crippen LogP contribution in [0.4, 0.5) is 0 Å². The van der Waals surface area contributed by atoms with E-state index in [9.17, 15) is 0 Å². The van der Waals surface area contributed by atoms with Crippen LogP contribution >= 0.6 is 12.2 Å².